The summed E-state index contributed by atoms with van der Waals surface area (Å²) in [4.78, 5) is 24.2. The van der Waals surface area contributed by atoms with Crippen molar-refractivity contribution in [1.29, 1.82) is 0 Å². The number of amides is 1. The fourth-order valence-corrected chi connectivity index (χ4v) is 2.92. The Bertz CT molecular complexity index is 588. The molecule has 112 valence electrons. The molecular weight excluding hydrogens is 268 g/mol. The van der Waals surface area contributed by atoms with Gasteiger partial charge in [0.05, 0.1) is 5.41 Å². The molecule has 0 radical (unpaired) electrons. The average Bonchev–Trinajstić information content (AvgIpc) is 3.30. The molecule has 0 aromatic heterocycles. The number of anilines is 1. The minimum atomic E-state index is -1.15. The summed E-state index contributed by atoms with van der Waals surface area (Å²) in [5, 5.41) is 12.3. The van der Waals surface area contributed by atoms with Crippen molar-refractivity contribution in [1.82, 2.24) is 5.32 Å². The lowest BCUT2D eigenvalue weighted by atomic mass is 9.90. The summed E-state index contributed by atoms with van der Waals surface area (Å²) in [7, 11) is 0. The number of hydrogen-bond acceptors (Lipinski definition) is 3. The largest absolute Gasteiger partial charge is 0.480 e. The molecule has 5 heteroatoms. The number of carboxylic acids is 1. The second-order valence-electron chi connectivity index (χ2n) is 6.44. The zero-order valence-corrected chi connectivity index (χ0v) is 12.1. The summed E-state index contributed by atoms with van der Waals surface area (Å²) in [5.41, 5.74) is 5.53. The van der Waals surface area contributed by atoms with Crippen LogP contribution < -0.4 is 11.1 Å². The lowest BCUT2D eigenvalue weighted by Crippen LogP contribution is -2.56. The van der Waals surface area contributed by atoms with E-state index in [1.807, 2.05) is 12.1 Å². The van der Waals surface area contributed by atoms with E-state index < -0.39 is 16.9 Å². The summed E-state index contributed by atoms with van der Waals surface area (Å²) >= 11 is 0. The van der Waals surface area contributed by atoms with Crippen LogP contribution in [0.15, 0.2) is 24.3 Å². The van der Waals surface area contributed by atoms with Gasteiger partial charge in [0.2, 0.25) is 5.91 Å². The van der Waals surface area contributed by atoms with E-state index in [1.54, 1.807) is 19.1 Å². The molecule has 4 N–H and O–H groups in total. The topological polar surface area (TPSA) is 92.4 Å². The maximum atomic E-state index is 12.7. The Labute approximate surface area is 123 Å². The van der Waals surface area contributed by atoms with Crippen molar-refractivity contribution in [2.75, 3.05) is 5.73 Å². The molecule has 1 amide bonds. The predicted octanol–water partition coefficient (Wildman–Crippen LogP) is 1.67. The van der Waals surface area contributed by atoms with Gasteiger partial charge >= 0.3 is 5.97 Å². The van der Waals surface area contributed by atoms with Gasteiger partial charge in [-0.05, 0) is 56.2 Å². The molecule has 0 spiro atoms. The normalized spacial score (nSPS) is 22.1. The summed E-state index contributed by atoms with van der Waals surface area (Å²) < 4.78 is 0. The van der Waals surface area contributed by atoms with Gasteiger partial charge in [-0.1, -0.05) is 12.1 Å². The van der Waals surface area contributed by atoms with Crippen molar-refractivity contribution in [2.24, 2.45) is 5.92 Å². The number of carbonyl (C=O) groups is 2. The third-order valence-electron chi connectivity index (χ3n) is 4.86. The minimum absolute atomic E-state index is 0.0427. The van der Waals surface area contributed by atoms with Crippen molar-refractivity contribution in [3.05, 3.63) is 29.8 Å². The van der Waals surface area contributed by atoms with Gasteiger partial charge in [-0.2, -0.15) is 0 Å². The number of hydrogen-bond donors (Lipinski definition) is 3. The van der Waals surface area contributed by atoms with Crippen LogP contribution >= 0.6 is 0 Å². The van der Waals surface area contributed by atoms with E-state index in [0.717, 1.165) is 31.2 Å². The summed E-state index contributed by atoms with van der Waals surface area (Å²) in [6.45, 7) is 1.62. The van der Waals surface area contributed by atoms with Crippen LogP contribution in [0.4, 0.5) is 5.69 Å². The van der Waals surface area contributed by atoms with Gasteiger partial charge in [0.25, 0.3) is 0 Å². The first-order chi connectivity index (χ1) is 9.88. The molecule has 1 unspecified atom stereocenters. The molecule has 3 rings (SSSR count). The molecule has 2 saturated carbocycles. The van der Waals surface area contributed by atoms with Crippen LogP contribution in [0.25, 0.3) is 0 Å². The Morgan fingerprint density at radius 1 is 1.29 bits per heavy atom. The van der Waals surface area contributed by atoms with Gasteiger partial charge in [0.1, 0.15) is 5.54 Å². The molecule has 1 aromatic carbocycles. The van der Waals surface area contributed by atoms with Crippen molar-refractivity contribution < 1.29 is 14.7 Å². The van der Waals surface area contributed by atoms with Crippen molar-refractivity contribution >= 4 is 17.6 Å². The van der Waals surface area contributed by atoms with E-state index in [9.17, 15) is 14.7 Å². The summed E-state index contributed by atoms with van der Waals surface area (Å²) in [6, 6.07) is 7.27. The number of rotatable bonds is 5. The number of nitrogen functional groups attached to an aromatic ring is 1. The first-order valence-electron chi connectivity index (χ1n) is 7.30. The van der Waals surface area contributed by atoms with Crippen LogP contribution in [0.3, 0.4) is 0 Å². The van der Waals surface area contributed by atoms with Crippen LogP contribution in [-0.2, 0) is 15.0 Å². The minimum Gasteiger partial charge on any atom is -0.480 e. The Hall–Kier alpha value is -2.04. The number of benzene rings is 1. The number of carbonyl (C=O) groups excluding carboxylic acids is 1. The quantitative estimate of drug-likeness (QED) is 0.719. The van der Waals surface area contributed by atoms with E-state index in [-0.39, 0.29) is 11.8 Å². The van der Waals surface area contributed by atoms with Gasteiger partial charge in [-0.15, -0.1) is 0 Å². The standard InChI is InChI=1S/C16H20N2O3/c1-15(14(20)21,10-2-3-10)18-13(19)16(8-9-16)11-4-6-12(17)7-5-11/h4-7,10H,2-3,8-9,17H2,1H3,(H,18,19)(H,20,21). The van der Waals surface area contributed by atoms with E-state index >= 15 is 0 Å². The maximum Gasteiger partial charge on any atom is 0.329 e. The lowest BCUT2D eigenvalue weighted by Gasteiger charge is -2.29. The second kappa shape index (κ2) is 4.48. The van der Waals surface area contributed by atoms with Crippen LogP contribution in [0.2, 0.25) is 0 Å². The van der Waals surface area contributed by atoms with Crippen molar-refractivity contribution in [3.63, 3.8) is 0 Å². The Kier molecular flexibility index (Phi) is 2.97. The molecule has 1 aromatic rings. The fourth-order valence-electron chi connectivity index (χ4n) is 2.92. The van der Waals surface area contributed by atoms with Crippen LogP contribution in [0.5, 0.6) is 0 Å². The molecule has 1 atom stereocenters. The first-order valence-corrected chi connectivity index (χ1v) is 7.30. The SMILES string of the molecule is CC(NC(=O)C1(c2ccc(N)cc2)CC1)(C(=O)O)C1CC1. The van der Waals surface area contributed by atoms with Crippen LogP contribution in [-0.4, -0.2) is 22.5 Å². The third kappa shape index (κ3) is 2.26. The molecule has 21 heavy (non-hydrogen) atoms. The zero-order valence-electron chi connectivity index (χ0n) is 12.1. The molecule has 0 aliphatic heterocycles. The van der Waals surface area contributed by atoms with Gasteiger partial charge < -0.3 is 16.2 Å². The van der Waals surface area contributed by atoms with Crippen LogP contribution in [0.1, 0.15) is 38.2 Å². The molecule has 2 fully saturated rings. The Balaban J connectivity index is 1.81. The first kappa shape index (κ1) is 13.9. The highest BCUT2D eigenvalue weighted by Crippen LogP contribution is 2.49. The molecule has 0 heterocycles. The maximum absolute atomic E-state index is 12.7. The highest BCUT2D eigenvalue weighted by atomic mass is 16.4. The van der Waals surface area contributed by atoms with E-state index in [1.165, 1.54) is 0 Å². The molecular formula is C16H20N2O3. The van der Waals surface area contributed by atoms with Crippen molar-refractivity contribution in [2.45, 2.75) is 43.6 Å². The molecule has 2 aliphatic rings. The Morgan fingerprint density at radius 3 is 2.29 bits per heavy atom. The number of nitrogens with two attached hydrogens (primary N) is 1. The average molecular weight is 288 g/mol. The van der Waals surface area contributed by atoms with Gasteiger partial charge in [-0.25, -0.2) is 4.79 Å². The predicted molar refractivity (Wildman–Crippen MR) is 78.7 cm³/mol. The summed E-state index contributed by atoms with van der Waals surface area (Å²) in [5.74, 6) is -1.09. The molecule has 0 bridgehead atoms. The Morgan fingerprint density at radius 2 is 1.86 bits per heavy atom. The number of nitrogens with one attached hydrogen (secondary N) is 1. The van der Waals surface area contributed by atoms with Crippen molar-refractivity contribution in [3.8, 4) is 0 Å². The third-order valence-corrected chi connectivity index (χ3v) is 4.86. The molecule has 0 saturated heterocycles. The van der Waals surface area contributed by atoms with E-state index in [4.69, 9.17) is 5.73 Å². The number of carboxylic acid groups (broad SMARTS) is 1. The smallest absolute Gasteiger partial charge is 0.329 e. The number of aliphatic carboxylic acids is 1. The van der Waals surface area contributed by atoms with Crippen LogP contribution in [0, 0.1) is 5.92 Å². The van der Waals surface area contributed by atoms with E-state index in [0.29, 0.717) is 5.69 Å². The van der Waals surface area contributed by atoms with Gasteiger partial charge in [-0.3, -0.25) is 4.79 Å². The molecule has 5 nitrogen and oxygen atoms in total. The zero-order chi connectivity index (χ0) is 15.3. The fraction of sp³-hybridized carbons (Fsp3) is 0.500. The van der Waals surface area contributed by atoms with E-state index in [2.05, 4.69) is 5.32 Å². The lowest BCUT2D eigenvalue weighted by molar-refractivity contribution is -0.148. The second-order valence-corrected chi connectivity index (χ2v) is 6.44. The summed E-state index contributed by atoms with van der Waals surface area (Å²) in [6.07, 6.45) is 3.22. The highest BCUT2D eigenvalue weighted by Gasteiger charge is 2.56. The highest BCUT2D eigenvalue weighted by molar-refractivity contribution is 5.95. The molecule has 2 aliphatic carbocycles. The van der Waals surface area contributed by atoms with Gasteiger partial charge in [0, 0.05) is 5.69 Å². The monoisotopic (exact) mass is 288 g/mol. The van der Waals surface area contributed by atoms with Gasteiger partial charge in [0.15, 0.2) is 0 Å².